The first-order valence-corrected chi connectivity index (χ1v) is 21.5. The molecule has 0 spiro atoms. The minimum Gasteiger partial charge on any atom is -0.228 e. The van der Waals surface area contributed by atoms with Crippen molar-refractivity contribution in [3.05, 3.63) is 218 Å². The van der Waals surface area contributed by atoms with Crippen LogP contribution in [-0.4, -0.2) is 9.97 Å². The first-order chi connectivity index (χ1) is 30.2. The Kier molecular flexibility index (Phi) is 8.39. The van der Waals surface area contributed by atoms with Crippen LogP contribution < -0.4 is 0 Å². The Bertz CT molecular complexity index is 3610. The summed E-state index contributed by atoms with van der Waals surface area (Å²) < 4.78 is 1.28. The van der Waals surface area contributed by atoms with Gasteiger partial charge in [0.05, 0.1) is 11.4 Å². The number of fused-ring (bicyclic) bond motifs is 6. The van der Waals surface area contributed by atoms with Crippen molar-refractivity contribution in [3.63, 3.8) is 0 Å². The van der Waals surface area contributed by atoms with E-state index in [1.807, 2.05) is 29.5 Å². The third kappa shape index (κ3) is 6.26. The fraction of sp³-hybridized carbons (Fsp3) is 0. The van der Waals surface area contributed by atoms with Crippen LogP contribution in [0.2, 0.25) is 0 Å². The van der Waals surface area contributed by atoms with Crippen molar-refractivity contribution in [2.75, 3.05) is 0 Å². The number of hydrogen-bond donors (Lipinski definition) is 0. The zero-order chi connectivity index (χ0) is 40.3. The van der Waals surface area contributed by atoms with Gasteiger partial charge in [0, 0.05) is 31.8 Å². The summed E-state index contributed by atoms with van der Waals surface area (Å²) in [6.07, 6.45) is 0. The molecule has 0 aliphatic heterocycles. The van der Waals surface area contributed by atoms with Gasteiger partial charge >= 0.3 is 0 Å². The Labute approximate surface area is 357 Å². The summed E-state index contributed by atoms with van der Waals surface area (Å²) in [5, 5.41) is 11.2. The standard InChI is InChI=1S/C58H36N2S/c1-2-13-40(14-3-1)58-59-53(36-54(60-58)49-19-9-10-20-50(49)56-35-46-16-6-11-21-55(46)61-56)45-29-28-42-32-41(26-27-43(42)33-45)37-22-24-39(25-23-37)57-48-18-8-5-15-44(48)34-52-47-17-7-4-12-38(47)30-31-51(52)57/h1-36H. The molecule has 0 amide bonds. The number of hydrogen-bond acceptors (Lipinski definition) is 3. The van der Waals surface area contributed by atoms with Gasteiger partial charge < -0.3 is 0 Å². The van der Waals surface area contributed by atoms with Crippen LogP contribution in [0.4, 0.5) is 0 Å². The number of thiophene rings is 1. The molecule has 12 aromatic rings. The minimum absolute atomic E-state index is 0.711. The molecule has 0 fully saturated rings. The van der Waals surface area contributed by atoms with Crippen LogP contribution in [0.3, 0.4) is 0 Å². The van der Waals surface area contributed by atoms with Crippen LogP contribution in [0.5, 0.6) is 0 Å². The largest absolute Gasteiger partial charge is 0.228 e. The van der Waals surface area contributed by atoms with Gasteiger partial charge in [0.15, 0.2) is 5.82 Å². The Hall–Kier alpha value is -7.72. The van der Waals surface area contributed by atoms with E-state index in [9.17, 15) is 0 Å². The Morgan fingerprint density at radius 1 is 0.295 bits per heavy atom. The second-order valence-electron chi connectivity index (χ2n) is 15.7. The van der Waals surface area contributed by atoms with E-state index in [1.54, 1.807) is 0 Å². The first kappa shape index (κ1) is 35.2. The summed E-state index contributed by atoms with van der Waals surface area (Å²) in [6, 6.07) is 78.8. The van der Waals surface area contributed by atoms with Gasteiger partial charge in [-0.3, -0.25) is 0 Å². The molecule has 0 saturated heterocycles. The Morgan fingerprint density at radius 2 is 0.902 bits per heavy atom. The highest BCUT2D eigenvalue weighted by atomic mass is 32.1. The molecule has 10 aromatic carbocycles. The summed E-state index contributed by atoms with van der Waals surface area (Å²) in [7, 11) is 0. The number of benzene rings is 10. The minimum atomic E-state index is 0.711. The normalized spacial score (nSPS) is 11.6. The maximum atomic E-state index is 5.21. The average molecular weight is 793 g/mol. The summed E-state index contributed by atoms with van der Waals surface area (Å²) in [5.41, 5.74) is 11.0. The van der Waals surface area contributed by atoms with E-state index in [-0.39, 0.29) is 0 Å². The van der Waals surface area contributed by atoms with E-state index >= 15 is 0 Å². The van der Waals surface area contributed by atoms with Crippen molar-refractivity contribution in [3.8, 4) is 66.6 Å². The van der Waals surface area contributed by atoms with E-state index in [4.69, 9.17) is 9.97 Å². The van der Waals surface area contributed by atoms with Crippen molar-refractivity contribution in [1.29, 1.82) is 0 Å². The highest BCUT2D eigenvalue weighted by molar-refractivity contribution is 7.22. The molecule has 3 heteroatoms. The molecule has 0 saturated carbocycles. The quantitative estimate of drug-likeness (QED) is 0.124. The van der Waals surface area contributed by atoms with Gasteiger partial charge in [0.2, 0.25) is 0 Å². The van der Waals surface area contributed by atoms with Gasteiger partial charge in [0.25, 0.3) is 0 Å². The van der Waals surface area contributed by atoms with Gasteiger partial charge in [-0.05, 0) is 107 Å². The summed E-state index contributed by atoms with van der Waals surface area (Å²) in [6.45, 7) is 0. The molecule has 0 radical (unpaired) electrons. The summed E-state index contributed by atoms with van der Waals surface area (Å²) >= 11 is 1.82. The van der Waals surface area contributed by atoms with Crippen molar-refractivity contribution in [2.45, 2.75) is 0 Å². The van der Waals surface area contributed by atoms with Crippen LogP contribution >= 0.6 is 11.3 Å². The van der Waals surface area contributed by atoms with Crippen molar-refractivity contribution >= 4 is 64.5 Å². The molecule has 0 bridgehead atoms. The van der Waals surface area contributed by atoms with Crippen molar-refractivity contribution in [1.82, 2.24) is 9.97 Å². The Balaban J connectivity index is 0.916. The molecule has 2 heterocycles. The van der Waals surface area contributed by atoms with E-state index in [0.29, 0.717) is 5.82 Å². The van der Waals surface area contributed by atoms with Crippen LogP contribution in [0.1, 0.15) is 0 Å². The van der Waals surface area contributed by atoms with Crippen LogP contribution in [0, 0.1) is 0 Å². The molecule has 2 nitrogen and oxygen atoms in total. The van der Waals surface area contributed by atoms with Crippen molar-refractivity contribution < 1.29 is 0 Å². The lowest BCUT2D eigenvalue weighted by Crippen LogP contribution is -1.96. The van der Waals surface area contributed by atoms with E-state index in [0.717, 1.165) is 28.1 Å². The Morgan fingerprint density at radius 3 is 1.72 bits per heavy atom. The monoisotopic (exact) mass is 792 g/mol. The van der Waals surface area contributed by atoms with Crippen LogP contribution in [0.15, 0.2) is 218 Å². The van der Waals surface area contributed by atoms with Crippen LogP contribution in [0.25, 0.3) is 120 Å². The zero-order valence-corrected chi connectivity index (χ0v) is 33.9. The molecule has 0 unspecified atom stereocenters. The maximum Gasteiger partial charge on any atom is 0.160 e. The molecule has 0 aliphatic carbocycles. The third-order valence-corrected chi connectivity index (χ3v) is 13.2. The molecule has 0 N–H and O–H groups in total. The van der Waals surface area contributed by atoms with E-state index in [2.05, 4.69) is 200 Å². The van der Waals surface area contributed by atoms with Gasteiger partial charge in [0.1, 0.15) is 0 Å². The maximum absolute atomic E-state index is 5.21. The number of aromatic nitrogens is 2. The zero-order valence-electron chi connectivity index (χ0n) is 33.1. The molecule has 12 rings (SSSR count). The third-order valence-electron chi connectivity index (χ3n) is 12.1. The molecule has 2 aromatic heterocycles. The number of nitrogens with zero attached hydrogens (tertiary/aromatic N) is 2. The fourth-order valence-electron chi connectivity index (χ4n) is 9.03. The highest BCUT2D eigenvalue weighted by Crippen LogP contribution is 2.42. The fourth-order valence-corrected chi connectivity index (χ4v) is 10.1. The van der Waals surface area contributed by atoms with Gasteiger partial charge in [-0.1, -0.05) is 182 Å². The molecule has 0 atom stereocenters. The lowest BCUT2D eigenvalue weighted by atomic mass is 9.89. The lowest BCUT2D eigenvalue weighted by Gasteiger charge is -2.15. The lowest BCUT2D eigenvalue weighted by molar-refractivity contribution is 1.18. The van der Waals surface area contributed by atoms with E-state index in [1.165, 1.54) is 85.9 Å². The molecule has 0 aliphatic rings. The predicted molar refractivity (Wildman–Crippen MR) is 260 cm³/mol. The summed E-state index contributed by atoms with van der Waals surface area (Å²) in [5.74, 6) is 0.711. The molecule has 61 heavy (non-hydrogen) atoms. The second-order valence-corrected chi connectivity index (χ2v) is 16.8. The average Bonchev–Trinajstić information content (AvgIpc) is 3.78. The SMILES string of the molecule is c1ccc(-c2nc(-c3ccc4cc(-c5ccc(-c6c7ccccc7cc7c6ccc6ccccc67)cc5)ccc4c3)cc(-c3ccccc3-c3cc4ccccc4s3)n2)cc1. The van der Waals surface area contributed by atoms with Gasteiger partial charge in [-0.2, -0.15) is 0 Å². The van der Waals surface area contributed by atoms with Crippen LogP contribution in [-0.2, 0) is 0 Å². The second kappa shape index (κ2) is 14.5. The molecular formula is C58H36N2S. The predicted octanol–water partition coefficient (Wildman–Crippen LogP) is 16.3. The summed E-state index contributed by atoms with van der Waals surface area (Å²) in [4.78, 5) is 11.6. The number of rotatable bonds is 6. The first-order valence-electron chi connectivity index (χ1n) is 20.7. The van der Waals surface area contributed by atoms with Gasteiger partial charge in [-0.25, -0.2) is 9.97 Å². The highest BCUT2D eigenvalue weighted by Gasteiger charge is 2.17. The topological polar surface area (TPSA) is 25.8 Å². The van der Waals surface area contributed by atoms with Crippen molar-refractivity contribution in [2.24, 2.45) is 0 Å². The van der Waals surface area contributed by atoms with Gasteiger partial charge in [-0.15, -0.1) is 11.3 Å². The molecule has 284 valence electrons. The smallest absolute Gasteiger partial charge is 0.160 e. The van der Waals surface area contributed by atoms with E-state index < -0.39 is 0 Å². The molecular weight excluding hydrogens is 757 g/mol.